The van der Waals surface area contributed by atoms with Gasteiger partial charge in [-0.25, -0.2) is 0 Å². The van der Waals surface area contributed by atoms with E-state index in [2.05, 4.69) is 37.6 Å². The van der Waals surface area contributed by atoms with Crippen molar-refractivity contribution in [2.75, 3.05) is 26.2 Å². The molecular weight excluding hydrogens is 160 g/mol. The van der Waals surface area contributed by atoms with E-state index in [1.807, 2.05) is 0 Å². The quantitative estimate of drug-likeness (QED) is 0.701. The molecule has 2 heteroatoms. The Hall–Kier alpha value is -0.500. The van der Waals surface area contributed by atoms with E-state index in [0.717, 1.165) is 32.6 Å². The molecule has 13 heavy (non-hydrogen) atoms. The summed E-state index contributed by atoms with van der Waals surface area (Å²) < 4.78 is 0. The normalized spacial score (nSPS) is 18.8. The molecule has 1 fully saturated rings. The highest BCUT2D eigenvalue weighted by Gasteiger charge is 2.17. The number of nitrogens with zero attached hydrogens (tertiary/aromatic N) is 1. The standard InChI is InChI=1S/C11H22N2/c1-10(9-11(2,3)4)13-7-5-12-6-8-13/h12H,1,5-9H2,2-4H3. The van der Waals surface area contributed by atoms with Crippen molar-refractivity contribution in [1.82, 2.24) is 10.2 Å². The van der Waals surface area contributed by atoms with Crippen LogP contribution in [0, 0.1) is 5.41 Å². The molecule has 1 aliphatic heterocycles. The van der Waals surface area contributed by atoms with Crippen LogP contribution in [-0.2, 0) is 0 Å². The molecule has 2 nitrogen and oxygen atoms in total. The molecule has 0 radical (unpaired) electrons. The summed E-state index contributed by atoms with van der Waals surface area (Å²) in [5.74, 6) is 0. The summed E-state index contributed by atoms with van der Waals surface area (Å²) >= 11 is 0. The molecule has 0 aromatic heterocycles. The molecular formula is C11H22N2. The van der Waals surface area contributed by atoms with E-state index in [9.17, 15) is 0 Å². The van der Waals surface area contributed by atoms with Crippen molar-refractivity contribution in [2.24, 2.45) is 5.41 Å². The lowest BCUT2D eigenvalue weighted by molar-refractivity contribution is 0.262. The first kappa shape index (κ1) is 10.6. The van der Waals surface area contributed by atoms with Crippen LogP contribution in [0.4, 0.5) is 0 Å². The molecule has 0 aromatic rings. The maximum atomic E-state index is 4.16. The van der Waals surface area contributed by atoms with E-state index in [4.69, 9.17) is 0 Å². The zero-order chi connectivity index (χ0) is 9.90. The van der Waals surface area contributed by atoms with Crippen molar-refractivity contribution in [3.8, 4) is 0 Å². The fourth-order valence-electron chi connectivity index (χ4n) is 1.71. The van der Waals surface area contributed by atoms with Gasteiger partial charge in [0.15, 0.2) is 0 Å². The third-order valence-electron chi connectivity index (χ3n) is 2.30. The second-order valence-electron chi connectivity index (χ2n) is 5.04. The average Bonchev–Trinajstić information content (AvgIpc) is 2.03. The third-order valence-corrected chi connectivity index (χ3v) is 2.30. The van der Waals surface area contributed by atoms with Crippen molar-refractivity contribution < 1.29 is 0 Å². The van der Waals surface area contributed by atoms with Gasteiger partial charge in [0.05, 0.1) is 0 Å². The van der Waals surface area contributed by atoms with Gasteiger partial charge in [0, 0.05) is 31.9 Å². The molecule has 0 unspecified atom stereocenters. The SMILES string of the molecule is C=C(CC(C)(C)C)N1CCNCC1. The summed E-state index contributed by atoms with van der Waals surface area (Å²) in [6.45, 7) is 15.4. The predicted molar refractivity (Wildman–Crippen MR) is 57.7 cm³/mol. The van der Waals surface area contributed by atoms with Gasteiger partial charge >= 0.3 is 0 Å². The van der Waals surface area contributed by atoms with E-state index in [-0.39, 0.29) is 0 Å². The largest absolute Gasteiger partial charge is 0.373 e. The van der Waals surface area contributed by atoms with Gasteiger partial charge in [0.25, 0.3) is 0 Å². The lowest BCUT2D eigenvalue weighted by Crippen LogP contribution is -2.43. The zero-order valence-corrected chi connectivity index (χ0v) is 9.19. The van der Waals surface area contributed by atoms with Crippen LogP contribution >= 0.6 is 0 Å². The molecule has 0 saturated carbocycles. The van der Waals surface area contributed by atoms with Gasteiger partial charge in [-0.05, 0) is 11.8 Å². The Labute approximate surface area is 82.0 Å². The summed E-state index contributed by atoms with van der Waals surface area (Å²) in [5, 5.41) is 3.35. The molecule has 0 spiro atoms. The van der Waals surface area contributed by atoms with Gasteiger partial charge in [-0.2, -0.15) is 0 Å². The van der Waals surface area contributed by atoms with Crippen LogP contribution < -0.4 is 5.32 Å². The van der Waals surface area contributed by atoms with Gasteiger partial charge in [-0.3, -0.25) is 0 Å². The molecule has 1 rings (SSSR count). The molecule has 0 aromatic carbocycles. The first-order chi connectivity index (χ1) is 5.99. The lowest BCUT2D eigenvalue weighted by Gasteiger charge is -2.33. The van der Waals surface area contributed by atoms with Gasteiger partial charge in [-0.1, -0.05) is 27.4 Å². The summed E-state index contributed by atoms with van der Waals surface area (Å²) in [4.78, 5) is 2.40. The number of rotatable bonds is 2. The van der Waals surface area contributed by atoms with Gasteiger partial charge in [0.1, 0.15) is 0 Å². The van der Waals surface area contributed by atoms with Crippen molar-refractivity contribution in [3.05, 3.63) is 12.3 Å². The first-order valence-corrected chi connectivity index (χ1v) is 5.12. The van der Waals surface area contributed by atoms with E-state index >= 15 is 0 Å². The van der Waals surface area contributed by atoms with Crippen molar-refractivity contribution in [3.63, 3.8) is 0 Å². The van der Waals surface area contributed by atoms with Crippen molar-refractivity contribution >= 4 is 0 Å². The van der Waals surface area contributed by atoms with Crippen LogP contribution in [-0.4, -0.2) is 31.1 Å². The molecule has 0 bridgehead atoms. The Balaban J connectivity index is 2.38. The summed E-state index contributed by atoms with van der Waals surface area (Å²) in [5.41, 5.74) is 1.66. The van der Waals surface area contributed by atoms with Crippen LogP contribution in [0.1, 0.15) is 27.2 Å². The van der Waals surface area contributed by atoms with Crippen LogP contribution in [0.15, 0.2) is 12.3 Å². The summed E-state index contributed by atoms with van der Waals surface area (Å²) in [6, 6.07) is 0. The Kier molecular flexibility index (Phi) is 3.37. The second kappa shape index (κ2) is 4.14. The second-order valence-corrected chi connectivity index (χ2v) is 5.04. The molecule has 0 atom stereocenters. The van der Waals surface area contributed by atoms with E-state index in [1.165, 1.54) is 5.70 Å². The first-order valence-electron chi connectivity index (χ1n) is 5.12. The predicted octanol–water partition coefficient (Wildman–Crippen LogP) is 1.84. The Morgan fingerprint density at radius 2 is 1.85 bits per heavy atom. The number of piperazine rings is 1. The highest BCUT2D eigenvalue weighted by atomic mass is 15.2. The number of hydrogen-bond acceptors (Lipinski definition) is 2. The maximum absolute atomic E-state index is 4.16. The smallest absolute Gasteiger partial charge is 0.0300 e. The van der Waals surface area contributed by atoms with Crippen LogP contribution in [0.2, 0.25) is 0 Å². The Morgan fingerprint density at radius 1 is 1.31 bits per heavy atom. The van der Waals surface area contributed by atoms with Crippen LogP contribution in [0.25, 0.3) is 0 Å². The van der Waals surface area contributed by atoms with Gasteiger partial charge in [0.2, 0.25) is 0 Å². The minimum Gasteiger partial charge on any atom is -0.373 e. The maximum Gasteiger partial charge on any atom is 0.0300 e. The fraction of sp³-hybridized carbons (Fsp3) is 0.818. The number of allylic oxidation sites excluding steroid dienone is 1. The monoisotopic (exact) mass is 182 g/mol. The van der Waals surface area contributed by atoms with Gasteiger partial charge in [-0.15, -0.1) is 0 Å². The zero-order valence-electron chi connectivity index (χ0n) is 9.19. The summed E-state index contributed by atoms with van der Waals surface area (Å²) in [7, 11) is 0. The number of hydrogen-bond donors (Lipinski definition) is 1. The third kappa shape index (κ3) is 3.81. The minimum absolute atomic E-state index is 0.363. The van der Waals surface area contributed by atoms with Crippen LogP contribution in [0.5, 0.6) is 0 Å². The Morgan fingerprint density at radius 3 is 2.31 bits per heavy atom. The van der Waals surface area contributed by atoms with E-state index < -0.39 is 0 Å². The molecule has 1 aliphatic rings. The highest BCUT2D eigenvalue weighted by Crippen LogP contribution is 2.24. The Bertz CT molecular complexity index is 173. The van der Waals surface area contributed by atoms with Gasteiger partial charge < -0.3 is 10.2 Å². The molecule has 1 N–H and O–H groups in total. The topological polar surface area (TPSA) is 15.3 Å². The summed E-state index contributed by atoms with van der Waals surface area (Å²) in [6.07, 6.45) is 1.10. The van der Waals surface area contributed by atoms with Crippen LogP contribution in [0.3, 0.4) is 0 Å². The van der Waals surface area contributed by atoms with E-state index in [0.29, 0.717) is 5.41 Å². The fourth-order valence-corrected chi connectivity index (χ4v) is 1.71. The van der Waals surface area contributed by atoms with E-state index in [1.54, 1.807) is 0 Å². The average molecular weight is 182 g/mol. The molecule has 1 heterocycles. The molecule has 76 valence electrons. The molecule has 1 saturated heterocycles. The minimum atomic E-state index is 0.363. The lowest BCUT2D eigenvalue weighted by atomic mass is 9.90. The van der Waals surface area contributed by atoms with Crippen molar-refractivity contribution in [2.45, 2.75) is 27.2 Å². The van der Waals surface area contributed by atoms with Crippen molar-refractivity contribution in [1.29, 1.82) is 0 Å². The highest BCUT2D eigenvalue weighted by molar-refractivity contribution is 4.98. The number of nitrogens with one attached hydrogen (secondary N) is 1. The molecule has 0 amide bonds. The molecule has 0 aliphatic carbocycles.